The summed E-state index contributed by atoms with van der Waals surface area (Å²) in [5.74, 6) is 1.60. The summed E-state index contributed by atoms with van der Waals surface area (Å²) in [6.07, 6.45) is 0. The van der Waals surface area contributed by atoms with Gasteiger partial charge in [0.05, 0.1) is 5.69 Å². The van der Waals surface area contributed by atoms with Crippen molar-refractivity contribution in [3.05, 3.63) is 58.6 Å². The number of nitrogens with zero attached hydrogens (tertiary/aromatic N) is 3. The fraction of sp³-hybridized carbons (Fsp3) is 0.286. The molecule has 0 bridgehead atoms. The van der Waals surface area contributed by atoms with E-state index in [1.54, 1.807) is 11.3 Å². The number of piperazine rings is 1. The predicted octanol–water partition coefficient (Wildman–Crippen LogP) is 4.51. The summed E-state index contributed by atoms with van der Waals surface area (Å²) in [6.45, 7) is 5.21. The molecule has 1 fully saturated rings. The molecule has 7 heteroatoms. The molecule has 2 aliphatic rings. The van der Waals surface area contributed by atoms with E-state index in [1.165, 1.54) is 5.69 Å². The number of hydrogen-bond acceptors (Lipinski definition) is 6. The Kier molecular flexibility index (Phi) is 4.84. The van der Waals surface area contributed by atoms with Crippen LogP contribution in [0.2, 0.25) is 5.02 Å². The molecule has 1 aromatic heterocycles. The molecule has 0 unspecified atom stereocenters. The average Bonchev–Trinajstić information content (AvgIpc) is 3.37. The number of anilines is 1. The largest absolute Gasteiger partial charge is 0.454 e. The summed E-state index contributed by atoms with van der Waals surface area (Å²) in [5, 5.41) is 3.97. The molecule has 28 heavy (non-hydrogen) atoms. The highest BCUT2D eigenvalue weighted by Crippen LogP contribution is 2.36. The maximum absolute atomic E-state index is 6.13. The molecule has 144 valence electrons. The Balaban J connectivity index is 1.21. The van der Waals surface area contributed by atoms with E-state index in [0.717, 1.165) is 65.5 Å². The van der Waals surface area contributed by atoms with Crippen LogP contribution in [0, 0.1) is 0 Å². The van der Waals surface area contributed by atoms with Crippen LogP contribution in [0.15, 0.2) is 47.8 Å². The van der Waals surface area contributed by atoms with Crippen LogP contribution in [0.3, 0.4) is 0 Å². The van der Waals surface area contributed by atoms with Gasteiger partial charge < -0.3 is 14.4 Å². The van der Waals surface area contributed by atoms with Crippen molar-refractivity contribution in [3.63, 3.8) is 0 Å². The average molecular weight is 414 g/mol. The highest BCUT2D eigenvalue weighted by molar-refractivity contribution is 7.13. The van der Waals surface area contributed by atoms with Gasteiger partial charge in [-0.3, -0.25) is 4.90 Å². The van der Waals surface area contributed by atoms with Gasteiger partial charge in [-0.15, -0.1) is 11.3 Å². The third-order valence-electron chi connectivity index (χ3n) is 5.10. The van der Waals surface area contributed by atoms with Crippen LogP contribution in [0.1, 0.15) is 5.69 Å². The number of thiazole rings is 1. The SMILES string of the molecule is Clc1cccc(N2CCN(Cc3csc(-c4ccc5c(c4)OCO5)n3)CC2)c1. The van der Waals surface area contributed by atoms with Crippen molar-refractivity contribution in [2.75, 3.05) is 37.9 Å². The quantitative estimate of drug-likeness (QED) is 0.629. The number of benzene rings is 2. The summed E-state index contributed by atoms with van der Waals surface area (Å²) in [6, 6.07) is 14.1. The van der Waals surface area contributed by atoms with Gasteiger partial charge in [-0.25, -0.2) is 4.98 Å². The first kappa shape index (κ1) is 17.8. The number of rotatable bonds is 4. The van der Waals surface area contributed by atoms with Crippen molar-refractivity contribution in [1.82, 2.24) is 9.88 Å². The molecule has 3 aromatic rings. The van der Waals surface area contributed by atoms with E-state index in [-0.39, 0.29) is 0 Å². The van der Waals surface area contributed by atoms with Gasteiger partial charge in [0.25, 0.3) is 0 Å². The van der Waals surface area contributed by atoms with Crippen LogP contribution in [0.5, 0.6) is 11.5 Å². The second-order valence-corrected chi connectivity index (χ2v) is 8.25. The molecule has 1 saturated heterocycles. The lowest BCUT2D eigenvalue weighted by Crippen LogP contribution is -2.46. The number of aromatic nitrogens is 1. The van der Waals surface area contributed by atoms with Crippen molar-refractivity contribution in [2.24, 2.45) is 0 Å². The van der Waals surface area contributed by atoms with Gasteiger partial charge >= 0.3 is 0 Å². The molecule has 2 aromatic carbocycles. The van der Waals surface area contributed by atoms with Gasteiger partial charge in [0.2, 0.25) is 6.79 Å². The molecule has 3 heterocycles. The van der Waals surface area contributed by atoms with E-state index in [9.17, 15) is 0 Å². The van der Waals surface area contributed by atoms with E-state index in [1.807, 2.05) is 36.4 Å². The van der Waals surface area contributed by atoms with E-state index >= 15 is 0 Å². The normalized spacial score (nSPS) is 16.5. The van der Waals surface area contributed by atoms with Crippen molar-refractivity contribution in [2.45, 2.75) is 6.54 Å². The van der Waals surface area contributed by atoms with E-state index in [0.29, 0.717) is 6.79 Å². The van der Waals surface area contributed by atoms with E-state index in [4.69, 9.17) is 26.1 Å². The Bertz CT molecular complexity index is 985. The van der Waals surface area contributed by atoms with Crippen LogP contribution < -0.4 is 14.4 Å². The van der Waals surface area contributed by atoms with E-state index < -0.39 is 0 Å². The third-order valence-corrected chi connectivity index (χ3v) is 6.28. The summed E-state index contributed by atoms with van der Waals surface area (Å²) in [4.78, 5) is 9.69. The fourth-order valence-corrected chi connectivity index (χ4v) is 4.60. The summed E-state index contributed by atoms with van der Waals surface area (Å²) >= 11 is 7.80. The maximum atomic E-state index is 6.13. The van der Waals surface area contributed by atoms with Gasteiger partial charge in [0.1, 0.15) is 5.01 Å². The highest BCUT2D eigenvalue weighted by Gasteiger charge is 2.19. The Labute approximate surface area is 173 Å². The molecule has 0 N–H and O–H groups in total. The molecular weight excluding hydrogens is 394 g/mol. The van der Waals surface area contributed by atoms with Gasteiger partial charge in [0, 0.05) is 54.4 Å². The van der Waals surface area contributed by atoms with Gasteiger partial charge in [0.15, 0.2) is 11.5 Å². The van der Waals surface area contributed by atoms with Crippen molar-refractivity contribution >= 4 is 28.6 Å². The number of hydrogen-bond donors (Lipinski definition) is 0. The van der Waals surface area contributed by atoms with Crippen molar-refractivity contribution in [3.8, 4) is 22.1 Å². The minimum absolute atomic E-state index is 0.295. The summed E-state index contributed by atoms with van der Waals surface area (Å²) < 4.78 is 10.9. The molecule has 2 aliphatic heterocycles. The molecule has 0 atom stereocenters. The standard InChI is InChI=1S/C21H20ClN3O2S/c22-16-2-1-3-18(11-16)25-8-6-24(7-9-25)12-17-13-28-21(23-17)15-4-5-19-20(10-15)27-14-26-19/h1-5,10-11,13H,6-9,12,14H2. The topological polar surface area (TPSA) is 37.8 Å². The smallest absolute Gasteiger partial charge is 0.231 e. The monoisotopic (exact) mass is 413 g/mol. The zero-order chi connectivity index (χ0) is 18.9. The molecule has 5 nitrogen and oxygen atoms in total. The van der Waals surface area contributed by atoms with Gasteiger partial charge in [-0.05, 0) is 36.4 Å². The molecule has 5 rings (SSSR count). The second kappa shape index (κ2) is 7.62. The first-order valence-electron chi connectivity index (χ1n) is 9.32. The first-order valence-corrected chi connectivity index (χ1v) is 10.6. The number of ether oxygens (including phenoxy) is 2. The Hall–Kier alpha value is -2.28. The molecule has 0 spiro atoms. The first-order chi connectivity index (χ1) is 13.7. The van der Waals surface area contributed by atoms with Crippen LogP contribution in [-0.4, -0.2) is 42.9 Å². The molecular formula is C21H20ClN3O2S. The zero-order valence-electron chi connectivity index (χ0n) is 15.3. The second-order valence-electron chi connectivity index (χ2n) is 6.96. The van der Waals surface area contributed by atoms with Crippen molar-refractivity contribution in [1.29, 1.82) is 0 Å². The van der Waals surface area contributed by atoms with Gasteiger partial charge in [-0.1, -0.05) is 17.7 Å². The number of fused-ring (bicyclic) bond motifs is 1. The minimum atomic E-state index is 0.295. The Morgan fingerprint density at radius 1 is 1.00 bits per heavy atom. The lowest BCUT2D eigenvalue weighted by Gasteiger charge is -2.35. The lowest BCUT2D eigenvalue weighted by molar-refractivity contribution is 0.174. The van der Waals surface area contributed by atoms with Crippen LogP contribution in [0.4, 0.5) is 5.69 Å². The fourth-order valence-electron chi connectivity index (χ4n) is 3.61. The molecule has 0 radical (unpaired) electrons. The van der Waals surface area contributed by atoms with Crippen molar-refractivity contribution < 1.29 is 9.47 Å². The Morgan fingerprint density at radius 3 is 2.71 bits per heavy atom. The van der Waals surface area contributed by atoms with Gasteiger partial charge in [-0.2, -0.15) is 0 Å². The van der Waals surface area contributed by atoms with Crippen LogP contribution >= 0.6 is 22.9 Å². The predicted molar refractivity (Wildman–Crippen MR) is 113 cm³/mol. The van der Waals surface area contributed by atoms with E-state index in [2.05, 4.69) is 21.2 Å². The third kappa shape index (κ3) is 3.68. The zero-order valence-corrected chi connectivity index (χ0v) is 16.9. The highest BCUT2D eigenvalue weighted by atomic mass is 35.5. The maximum Gasteiger partial charge on any atom is 0.231 e. The van der Waals surface area contributed by atoms with Crippen LogP contribution in [0.25, 0.3) is 10.6 Å². The summed E-state index contributed by atoms with van der Waals surface area (Å²) in [7, 11) is 0. The Morgan fingerprint density at radius 2 is 1.86 bits per heavy atom. The summed E-state index contributed by atoms with van der Waals surface area (Å²) in [5.41, 5.74) is 3.39. The number of halogens is 1. The molecule has 0 aliphatic carbocycles. The lowest BCUT2D eigenvalue weighted by atomic mass is 10.2. The molecule has 0 amide bonds. The van der Waals surface area contributed by atoms with Crippen LogP contribution in [-0.2, 0) is 6.54 Å². The minimum Gasteiger partial charge on any atom is -0.454 e. The molecule has 0 saturated carbocycles.